The van der Waals surface area contributed by atoms with Crippen molar-refractivity contribution < 1.29 is 13.6 Å². The van der Waals surface area contributed by atoms with Crippen LogP contribution < -0.4 is 0 Å². The average Bonchev–Trinajstić information content (AvgIpc) is 3.09. The van der Waals surface area contributed by atoms with E-state index in [1.54, 1.807) is 29.4 Å². The van der Waals surface area contributed by atoms with Crippen LogP contribution in [0.15, 0.2) is 47.1 Å². The first-order valence-corrected chi connectivity index (χ1v) is 6.36. The van der Waals surface area contributed by atoms with E-state index in [-0.39, 0.29) is 17.5 Å². The van der Waals surface area contributed by atoms with E-state index in [0.29, 0.717) is 6.54 Å². The Hall–Kier alpha value is -2.10. The molecule has 1 aliphatic heterocycles. The van der Waals surface area contributed by atoms with Crippen molar-refractivity contribution in [2.75, 3.05) is 6.54 Å². The molecule has 1 aromatic heterocycles. The summed E-state index contributed by atoms with van der Waals surface area (Å²) >= 11 is 0. The van der Waals surface area contributed by atoms with E-state index in [9.17, 15) is 9.18 Å². The number of hydrogen-bond donors (Lipinski definition) is 0. The fourth-order valence-corrected chi connectivity index (χ4v) is 2.58. The quantitative estimate of drug-likeness (QED) is 0.828. The van der Waals surface area contributed by atoms with Crippen molar-refractivity contribution in [3.63, 3.8) is 0 Å². The predicted octanol–water partition coefficient (Wildman–Crippen LogP) is 3.40. The molecular weight excluding hydrogens is 245 g/mol. The second-order valence-electron chi connectivity index (χ2n) is 4.65. The lowest BCUT2D eigenvalue weighted by Crippen LogP contribution is -2.31. The minimum absolute atomic E-state index is 0.0814. The number of carbonyl (C=O) groups is 1. The first-order chi connectivity index (χ1) is 9.27. The SMILES string of the molecule is O=C(c1ccccc1F)N1CCC[C@H]1c1ccco1. The maximum absolute atomic E-state index is 13.7. The van der Waals surface area contributed by atoms with E-state index in [2.05, 4.69) is 0 Å². The lowest BCUT2D eigenvalue weighted by molar-refractivity contribution is 0.0715. The van der Waals surface area contributed by atoms with Crippen molar-refractivity contribution in [1.82, 2.24) is 4.90 Å². The molecule has 3 nitrogen and oxygen atoms in total. The third kappa shape index (κ3) is 2.14. The number of likely N-dealkylation sites (tertiary alicyclic amines) is 1. The minimum atomic E-state index is -0.474. The van der Waals surface area contributed by atoms with Crippen LogP contribution in [-0.4, -0.2) is 17.4 Å². The van der Waals surface area contributed by atoms with Crippen molar-refractivity contribution >= 4 is 5.91 Å². The van der Waals surface area contributed by atoms with Gasteiger partial charge in [-0.1, -0.05) is 12.1 Å². The number of halogens is 1. The van der Waals surface area contributed by atoms with E-state index >= 15 is 0 Å². The maximum Gasteiger partial charge on any atom is 0.257 e. The van der Waals surface area contributed by atoms with Crippen LogP contribution in [0, 0.1) is 5.82 Å². The van der Waals surface area contributed by atoms with Gasteiger partial charge in [-0.05, 0) is 37.1 Å². The van der Waals surface area contributed by atoms with E-state index in [0.717, 1.165) is 18.6 Å². The van der Waals surface area contributed by atoms with Gasteiger partial charge in [-0.25, -0.2) is 4.39 Å². The van der Waals surface area contributed by atoms with Crippen LogP contribution in [0.25, 0.3) is 0 Å². The number of hydrogen-bond acceptors (Lipinski definition) is 2. The van der Waals surface area contributed by atoms with Gasteiger partial charge in [0.1, 0.15) is 11.6 Å². The Balaban J connectivity index is 1.89. The van der Waals surface area contributed by atoms with Gasteiger partial charge in [0.2, 0.25) is 0 Å². The summed E-state index contributed by atoms with van der Waals surface area (Å²) in [5.74, 6) is 0.0248. The van der Waals surface area contributed by atoms with Gasteiger partial charge in [0, 0.05) is 6.54 Å². The van der Waals surface area contributed by atoms with Crippen LogP contribution in [0.1, 0.15) is 35.0 Å². The summed E-state index contributed by atoms with van der Waals surface area (Å²) in [4.78, 5) is 14.1. The van der Waals surface area contributed by atoms with E-state index in [1.165, 1.54) is 12.1 Å². The Morgan fingerprint density at radius 2 is 2.11 bits per heavy atom. The van der Waals surface area contributed by atoms with Gasteiger partial charge in [-0.2, -0.15) is 0 Å². The summed E-state index contributed by atoms with van der Waals surface area (Å²) < 4.78 is 19.1. The molecule has 1 aromatic carbocycles. The lowest BCUT2D eigenvalue weighted by atomic mass is 10.1. The summed E-state index contributed by atoms with van der Waals surface area (Å²) in [5.41, 5.74) is 0.126. The monoisotopic (exact) mass is 259 g/mol. The molecule has 2 aromatic rings. The Bertz CT molecular complexity index is 580. The molecule has 1 aliphatic rings. The van der Waals surface area contributed by atoms with Crippen molar-refractivity contribution in [3.05, 3.63) is 59.8 Å². The molecule has 1 fully saturated rings. The Morgan fingerprint density at radius 3 is 2.84 bits per heavy atom. The van der Waals surface area contributed by atoms with Crippen molar-refractivity contribution in [2.45, 2.75) is 18.9 Å². The van der Waals surface area contributed by atoms with Crippen molar-refractivity contribution in [1.29, 1.82) is 0 Å². The fraction of sp³-hybridized carbons (Fsp3) is 0.267. The number of carbonyl (C=O) groups excluding carboxylic acids is 1. The van der Waals surface area contributed by atoms with Crippen LogP contribution in [0.2, 0.25) is 0 Å². The maximum atomic E-state index is 13.7. The summed E-state index contributed by atoms with van der Waals surface area (Å²) in [6.45, 7) is 0.637. The largest absolute Gasteiger partial charge is 0.467 e. The zero-order chi connectivity index (χ0) is 13.2. The van der Waals surface area contributed by atoms with Crippen molar-refractivity contribution in [2.24, 2.45) is 0 Å². The molecule has 0 radical (unpaired) electrons. The average molecular weight is 259 g/mol. The lowest BCUT2D eigenvalue weighted by Gasteiger charge is -2.23. The summed E-state index contributed by atoms with van der Waals surface area (Å²) in [7, 11) is 0. The second-order valence-corrected chi connectivity index (χ2v) is 4.65. The highest BCUT2D eigenvalue weighted by Gasteiger charge is 2.33. The predicted molar refractivity (Wildman–Crippen MR) is 68.1 cm³/mol. The molecule has 1 atom stereocenters. The van der Waals surface area contributed by atoms with Gasteiger partial charge in [-0.3, -0.25) is 4.79 Å². The summed E-state index contributed by atoms with van der Waals surface area (Å²) in [6, 6.07) is 9.67. The highest BCUT2D eigenvalue weighted by molar-refractivity contribution is 5.94. The van der Waals surface area contributed by atoms with Crippen LogP contribution in [0.4, 0.5) is 4.39 Å². The number of rotatable bonds is 2. The molecule has 0 spiro atoms. The number of benzene rings is 1. The molecule has 2 heterocycles. The first kappa shape index (κ1) is 12.0. The van der Waals surface area contributed by atoms with E-state index < -0.39 is 5.82 Å². The third-order valence-electron chi connectivity index (χ3n) is 3.49. The Labute approximate surface area is 110 Å². The van der Waals surface area contributed by atoms with Gasteiger partial charge in [0.05, 0.1) is 17.9 Å². The second kappa shape index (κ2) is 4.88. The molecule has 0 aliphatic carbocycles. The molecule has 0 bridgehead atoms. The molecule has 4 heteroatoms. The molecule has 19 heavy (non-hydrogen) atoms. The zero-order valence-electron chi connectivity index (χ0n) is 10.4. The number of furan rings is 1. The molecule has 0 N–H and O–H groups in total. The van der Waals surface area contributed by atoms with E-state index in [4.69, 9.17) is 4.42 Å². The van der Waals surface area contributed by atoms with Gasteiger partial charge in [-0.15, -0.1) is 0 Å². The molecule has 0 saturated carbocycles. The van der Waals surface area contributed by atoms with Crippen LogP contribution >= 0.6 is 0 Å². The van der Waals surface area contributed by atoms with Crippen LogP contribution in [-0.2, 0) is 0 Å². The standard InChI is InChI=1S/C15H14FNO2/c16-12-6-2-1-5-11(12)15(18)17-9-3-7-13(17)14-8-4-10-19-14/h1-2,4-6,8,10,13H,3,7,9H2/t13-/m0/s1. The normalized spacial score (nSPS) is 18.8. The van der Waals surface area contributed by atoms with Gasteiger partial charge in [0.25, 0.3) is 5.91 Å². The smallest absolute Gasteiger partial charge is 0.257 e. The van der Waals surface area contributed by atoms with Crippen molar-refractivity contribution in [3.8, 4) is 0 Å². The van der Waals surface area contributed by atoms with Crippen LogP contribution in [0.5, 0.6) is 0 Å². The molecule has 98 valence electrons. The summed E-state index contributed by atoms with van der Waals surface area (Å²) in [6.07, 6.45) is 3.36. The van der Waals surface area contributed by atoms with Gasteiger partial charge in [0.15, 0.2) is 0 Å². The molecule has 1 saturated heterocycles. The number of amides is 1. The fourth-order valence-electron chi connectivity index (χ4n) is 2.58. The van der Waals surface area contributed by atoms with Gasteiger partial charge >= 0.3 is 0 Å². The highest BCUT2D eigenvalue weighted by atomic mass is 19.1. The van der Waals surface area contributed by atoms with E-state index in [1.807, 2.05) is 6.07 Å². The van der Waals surface area contributed by atoms with Gasteiger partial charge < -0.3 is 9.32 Å². The molecule has 3 rings (SSSR count). The first-order valence-electron chi connectivity index (χ1n) is 6.36. The minimum Gasteiger partial charge on any atom is -0.467 e. The van der Waals surface area contributed by atoms with Crippen LogP contribution in [0.3, 0.4) is 0 Å². The number of nitrogens with zero attached hydrogens (tertiary/aromatic N) is 1. The molecule has 1 amide bonds. The molecular formula is C15H14FNO2. The highest BCUT2D eigenvalue weighted by Crippen LogP contribution is 2.33. The third-order valence-corrected chi connectivity index (χ3v) is 3.49. The Morgan fingerprint density at radius 1 is 1.26 bits per heavy atom. The molecule has 0 unspecified atom stereocenters. The summed E-state index contributed by atoms with van der Waals surface area (Å²) in [5, 5.41) is 0. The Kier molecular flexibility index (Phi) is 3.07. The zero-order valence-corrected chi connectivity index (χ0v) is 10.4. The topological polar surface area (TPSA) is 33.5 Å².